The van der Waals surface area contributed by atoms with Gasteiger partial charge < -0.3 is 29.3 Å². The van der Waals surface area contributed by atoms with Gasteiger partial charge in [0.05, 0.1) is 19.8 Å². The Hall–Kier alpha value is -2.46. The number of esters is 2. The lowest BCUT2D eigenvalue weighted by molar-refractivity contribution is -0.150. The number of nitrogens with zero attached hydrogens (tertiary/aromatic N) is 2. The summed E-state index contributed by atoms with van der Waals surface area (Å²) >= 11 is 0. The summed E-state index contributed by atoms with van der Waals surface area (Å²) in [6.07, 6.45) is 26.2. The van der Waals surface area contributed by atoms with Crippen LogP contribution in [-0.4, -0.2) is 82.0 Å². The van der Waals surface area contributed by atoms with Crippen molar-refractivity contribution in [2.75, 3.05) is 69.3 Å². The number of morpholine rings is 1. The summed E-state index contributed by atoms with van der Waals surface area (Å²) in [4.78, 5) is 53.8. The van der Waals surface area contributed by atoms with Gasteiger partial charge in [0, 0.05) is 32.5 Å². The number of nitrogens with one attached hydrogen (secondary N) is 1. The number of unbranched alkanes of at least 4 members (excludes halogenated alkanes) is 15. The quantitative estimate of drug-likeness (QED) is 0.0404. The molecule has 0 spiro atoms. The van der Waals surface area contributed by atoms with Crippen LogP contribution in [0, 0.1) is 0 Å². The fourth-order valence-corrected chi connectivity index (χ4v) is 7.28. The first kappa shape index (κ1) is 47.7. The molecule has 0 bridgehead atoms. The van der Waals surface area contributed by atoms with Crippen molar-refractivity contribution < 1.29 is 23.8 Å². The molecule has 1 unspecified atom stereocenters. The standard InChI is InChI=1S/C44H79N3O7/c1-4-7-10-17-23-35-53-39(48)27-19-13-11-15-21-30-46(32-24-29-45-41-42(44(51)43(41)50)47-33-36-52-37-34-47)31-22-16-12-14-20-28-40(49)54-38(25-9-6-3)26-18-8-5-2/h38,45H,4-37H2,1-3H3. The number of rotatable bonds is 36. The largest absolute Gasteiger partial charge is 0.466 e. The third-order valence-corrected chi connectivity index (χ3v) is 10.7. The van der Waals surface area contributed by atoms with E-state index in [-0.39, 0.29) is 23.5 Å². The predicted octanol–water partition coefficient (Wildman–Crippen LogP) is 9.10. The maximum absolute atomic E-state index is 12.5. The first-order valence-corrected chi connectivity index (χ1v) is 22.4. The van der Waals surface area contributed by atoms with E-state index >= 15 is 0 Å². The maximum Gasteiger partial charge on any atom is 0.306 e. The van der Waals surface area contributed by atoms with Crippen molar-refractivity contribution in [1.29, 1.82) is 0 Å². The Morgan fingerprint density at radius 1 is 0.648 bits per heavy atom. The summed E-state index contributed by atoms with van der Waals surface area (Å²) in [6.45, 7) is 13.2. The smallest absolute Gasteiger partial charge is 0.306 e. The van der Waals surface area contributed by atoms with Gasteiger partial charge >= 0.3 is 11.9 Å². The Bertz CT molecular complexity index is 1160. The van der Waals surface area contributed by atoms with Crippen LogP contribution in [0.3, 0.4) is 0 Å². The third kappa shape index (κ3) is 21.6. The van der Waals surface area contributed by atoms with Crippen molar-refractivity contribution in [1.82, 2.24) is 4.90 Å². The van der Waals surface area contributed by atoms with E-state index in [1.165, 1.54) is 32.1 Å². The average molecular weight is 762 g/mol. The van der Waals surface area contributed by atoms with Gasteiger partial charge in [-0.1, -0.05) is 111 Å². The van der Waals surface area contributed by atoms with Gasteiger partial charge in [0.1, 0.15) is 17.5 Å². The lowest BCUT2D eigenvalue weighted by Gasteiger charge is -2.31. The molecule has 1 saturated heterocycles. The molecule has 312 valence electrons. The number of hydrogen-bond donors (Lipinski definition) is 1. The Morgan fingerprint density at radius 2 is 1.19 bits per heavy atom. The van der Waals surface area contributed by atoms with Crippen LogP contribution >= 0.6 is 0 Å². The summed E-state index contributed by atoms with van der Waals surface area (Å²) in [5, 5.41) is 3.28. The number of hydrogen-bond acceptors (Lipinski definition) is 10. The molecule has 10 heteroatoms. The van der Waals surface area contributed by atoms with Gasteiger partial charge in [-0.25, -0.2) is 0 Å². The molecular weight excluding hydrogens is 682 g/mol. The van der Waals surface area contributed by atoms with E-state index in [9.17, 15) is 19.2 Å². The normalized spacial score (nSPS) is 13.8. The maximum atomic E-state index is 12.5. The van der Waals surface area contributed by atoms with E-state index in [1.807, 2.05) is 4.90 Å². The van der Waals surface area contributed by atoms with Gasteiger partial charge in [0.2, 0.25) is 0 Å². The molecule has 1 aromatic rings. The molecule has 0 radical (unpaired) electrons. The molecule has 0 saturated carbocycles. The van der Waals surface area contributed by atoms with E-state index in [0.29, 0.717) is 63.7 Å². The van der Waals surface area contributed by atoms with E-state index in [0.717, 1.165) is 135 Å². The monoisotopic (exact) mass is 762 g/mol. The molecule has 1 fully saturated rings. The second-order valence-electron chi connectivity index (χ2n) is 15.5. The van der Waals surface area contributed by atoms with Crippen LogP contribution in [0.15, 0.2) is 9.59 Å². The Morgan fingerprint density at radius 3 is 1.85 bits per heavy atom. The fraction of sp³-hybridized carbons (Fsp3) is 0.864. The minimum absolute atomic E-state index is 0.0266. The van der Waals surface area contributed by atoms with Crippen LogP contribution in [0.5, 0.6) is 0 Å². The van der Waals surface area contributed by atoms with Gasteiger partial charge in [0.25, 0.3) is 10.9 Å². The van der Waals surface area contributed by atoms with Crippen molar-refractivity contribution >= 4 is 23.3 Å². The summed E-state index contributed by atoms with van der Waals surface area (Å²) in [5.41, 5.74) is 0.222. The van der Waals surface area contributed by atoms with Crippen molar-refractivity contribution in [3.8, 4) is 0 Å². The fourth-order valence-electron chi connectivity index (χ4n) is 7.28. The minimum atomic E-state index is -0.402. The van der Waals surface area contributed by atoms with Gasteiger partial charge in [-0.15, -0.1) is 0 Å². The molecule has 1 atom stereocenters. The Labute approximate surface area is 328 Å². The SMILES string of the molecule is CCCCCCCOC(=O)CCCCCCCN(CCCCCCCC(=O)OC(CCCC)CCCCC)CCCNc1c(N2CCOCC2)c(=O)c1=O. The molecule has 0 aromatic heterocycles. The molecule has 54 heavy (non-hydrogen) atoms. The second-order valence-corrected chi connectivity index (χ2v) is 15.5. The average Bonchev–Trinajstić information content (AvgIpc) is 3.18. The summed E-state index contributed by atoms with van der Waals surface area (Å²) < 4.78 is 16.7. The zero-order valence-electron chi connectivity index (χ0n) is 34.9. The highest BCUT2D eigenvalue weighted by Gasteiger charge is 2.27. The molecule has 1 aromatic carbocycles. The van der Waals surface area contributed by atoms with Crippen molar-refractivity contribution in [2.24, 2.45) is 0 Å². The summed E-state index contributed by atoms with van der Waals surface area (Å²) in [6, 6.07) is 0. The van der Waals surface area contributed by atoms with Gasteiger partial charge in [-0.2, -0.15) is 0 Å². The van der Waals surface area contributed by atoms with Crippen LogP contribution in [0.4, 0.5) is 11.4 Å². The van der Waals surface area contributed by atoms with E-state index in [2.05, 4.69) is 31.0 Å². The first-order chi connectivity index (χ1) is 26.4. The highest BCUT2D eigenvalue weighted by atomic mass is 16.5. The molecule has 10 nitrogen and oxygen atoms in total. The zero-order chi connectivity index (χ0) is 39.1. The van der Waals surface area contributed by atoms with Crippen molar-refractivity contribution in [3.63, 3.8) is 0 Å². The second kappa shape index (κ2) is 31.7. The lowest BCUT2D eigenvalue weighted by Crippen LogP contribution is -2.47. The van der Waals surface area contributed by atoms with E-state index in [4.69, 9.17) is 14.2 Å². The molecule has 1 N–H and O–H groups in total. The topological polar surface area (TPSA) is 114 Å². The molecule has 0 amide bonds. The number of carbonyl (C=O) groups is 2. The molecule has 0 aliphatic carbocycles. The number of anilines is 2. The van der Waals surface area contributed by atoms with E-state index < -0.39 is 5.43 Å². The van der Waals surface area contributed by atoms with Crippen LogP contribution < -0.4 is 21.1 Å². The lowest BCUT2D eigenvalue weighted by atomic mass is 10.1. The first-order valence-electron chi connectivity index (χ1n) is 22.4. The van der Waals surface area contributed by atoms with Gasteiger partial charge in [0.15, 0.2) is 0 Å². The highest BCUT2D eigenvalue weighted by Crippen LogP contribution is 2.21. The molecule has 1 aliphatic rings. The van der Waals surface area contributed by atoms with Crippen molar-refractivity contribution in [2.45, 2.75) is 187 Å². The summed E-state index contributed by atoms with van der Waals surface area (Å²) in [7, 11) is 0. The summed E-state index contributed by atoms with van der Waals surface area (Å²) in [5.74, 6) is -0.0823. The van der Waals surface area contributed by atoms with Gasteiger partial charge in [-0.05, 0) is 77.4 Å². The van der Waals surface area contributed by atoms with Crippen LogP contribution in [-0.2, 0) is 23.8 Å². The molecule has 2 rings (SSSR count). The Balaban J connectivity index is 1.69. The minimum Gasteiger partial charge on any atom is -0.466 e. The number of carbonyl (C=O) groups excluding carboxylic acids is 2. The van der Waals surface area contributed by atoms with Crippen LogP contribution in [0.25, 0.3) is 0 Å². The third-order valence-electron chi connectivity index (χ3n) is 10.7. The van der Waals surface area contributed by atoms with Gasteiger partial charge in [-0.3, -0.25) is 19.2 Å². The van der Waals surface area contributed by atoms with Crippen molar-refractivity contribution in [3.05, 3.63) is 20.4 Å². The number of ether oxygens (including phenoxy) is 3. The molecular formula is C44H79N3O7. The van der Waals surface area contributed by atoms with Crippen LogP contribution in [0.1, 0.15) is 181 Å². The van der Waals surface area contributed by atoms with Crippen LogP contribution in [0.2, 0.25) is 0 Å². The predicted molar refractivity (Wildman–Crippen MR) is 223 cm³/mol. The Kier molecular flexibility index (Phi) is 28.0. The zero-order valence-corrected chi connectivity index (χ0v) is 34.9. The van der Waals surface area contributed by atoms with E-state index in [1.54, 1.807) is 0 Å². The molecule has 1 aliphatic heterocycles. The molecule has 1 heterocycles. The highest BCUT2D eigenvalue weighted by molar-refractivity contribution is 5.75.